The second-order valence-electron chi connectivity index (χ2n) is 12.0. The minimum Gasteiger partial charge on any atom is -0.0683 e. The van der Waals surface area contributed by atoms with Gasteiger partial charge in [0, 0.05) is 0 Å². The van der Waals surface area contributed by atoms with Crippen LogP contribution in [0.1, 0.15) is 140 Å². The summed E-state index contributed by atoms with van der Waals surface area (Å²) in [5.41, 5.74) is 9.69. The third kappa shape index (κ3) is 5.64. The molecule has 0 atom stereocenters. The SMILES string of the molecule is CC(C)c1ccc(-c2c(C(C)C)cccc2C(C)C)c(P(C2CCCCC2)C2CCCCC2)c1. The van der Waals surface area contributed by atoms with Crippen LogP contribution in [0.15, 0.2) is 36.4 Å². The lowest BCUT2D eigenvalue weighted by molar-refractivity contribution is 0.487. The molecule has 0 unspecified atom stereocenters. The van der Waals surface area contributed by atoms with Crippen molar-refractivity contribution < 1.29 is 0 Å². The van der Waals surface area contributed by atoms with Crippen molar-refractivity contribution in [3.63, 3.8) is 0 Å². The van der Waals surface area contributed by atoms with Crippen LogP contribution >= 0.6 is 7.92 Å². The molecule has 34 heavy (non-hydrogen) atoms. The minimum absolute atomic E-state index is 0.141. The van der Waals surface area contributed by atoms with E-state index in [2.05, 4.69) is 77.9 Å². The lowest BCUT2D eigenvalue weighted by Gasteiger charge is -2.40. The maximum absolute atomic E-state index is 2.70. The number of hydrogen-bond acceptors (Lipinski definition) is 0. The Kier molecular flexibility index (Phi) is 8.96. The van der Waals surface area contributed by atoms with Crippen molar-refractivity contribution in [3.05, 3.63) is 53.1 Å². The molecular formula is C33H49P. The predicted octanol–water partition coefficient (Wildman–Crippen LogP) is 10.5. The highest BCUT2D eigenvalue weighted by atomic mass is 31.1. The van der Waals surface area contributed by atoms with Crippen molar-refractivity contribution in [2.45, 2.75) is 135 Å². The van der Waals surface area contributed by atoms with Crippen molar-refractivity contribution in [2.24, 2.45) is 0 Å². The van der Waals surface area contributed by atoms with Crippen LogP contribution in [0, 0.1) is 0 Å². The van der Waals surface area contributed by atoms with Crippen LogP contribution < -0.4 is 5.30 Å². The van der Waals surface area contributed by atoms with Gasteiger partial charge in [0.25, 0.3) is 0 Å². The summed E-state index contributed by atoms with van der Waals surface area (Å²) in [6.45, 7) is 14.3. The molecule has 4 rings (SSSR count). The first kappa shape index (κ1) is 25.9. The monoisotopic (exact) mass is 476 g/mol. The Balaban J connectivity index is 1.95. The molecule has 2 aliphatic carbocycles. The fourth-order valence-corrected chi connectivity index (χ4v) is 10.6. The number of rotatable bonds is 7. The maximum Gasteiger partial charge on any atom is -0.0101 e. The Hall–Kier alpha value is -1.13. The van der Waals surface area contributed by atoms with Crippen LogP contribution in [-0.4, -0.2) is 11.3 Å². The zero-order valence-electron chi connectivity index (χ0n) is 22.9. The Labute approximate surface area is 212 Å². The van der Waals surface area contributed by atoms with Crippen molar-refractivity contribution in [3.8, 4) is 11.1 Å². The molecule has 0 heterocycles. The van der Waals surface area contributed by atoms with E-state index in [1.807, 2.05) is 0 Å². The second kappa shape index (κ2) is 11.7. The van der Waals surface area contributed by atoms with E-state index in [9.17, 15) is 0 Å². The summed E-state index contributed by atoms with van der Waals surface area (Å²) < 4.78 is 0. The quantitative estimate of drug-likeness (QED) is 0.349. The van der Waals surface area contributed by atoms with Crippen LogP contribution in [0.5, 0.6) is 0 Å². The van der Waals surface area contributed by atoms with E-state index in [1.165, 1.54) is 64.2 Å². The van der Waals surface area contributed by atoms with Gasteiger partial charge in [-0.05, 0) is 87.9 Å². The molecule has 2 aromatic carbocycles. The van der Waals surface area contributed by atoms with E-state index in [0.717, 1.165) is 11.3 Å². The van der Waals surface area contributed by atoms with Gasteiger partial charge in [-0.2, -0.15) is 0 Å². The number of hydrogen-bond donors (Lipinski definition) is 0. The van der Waals surface area contributed by atoms with E-state index >= 15 is 0 Å². The molecule has 0 aliphatic heterocycles. The van der Waals surface area contributed by atoms with E-state index in [0.29, 0.717) is 17.8 Å². The molecule has 0 nitrogen and oxygen atoms in total. The summed E-state index contributed by atoms with van der Waals surface area (Å²) in [5, 5.41) is 1.77. The Morgan fingerprint density at radius 3 is 1.56 bits per heavy atom. The third-order valence-electron chi connectivity index (χ3n) is 8.55. The van der Waals surface area contributed by atoms with Crippen LogP contribution in [-0.2, 0) is 0 Å². The van der Waals surface area contributed by atoms with E-state index in [1.54, 1.807) is 33.1 Å². The zero-order chi connectivity index (χ0) is 24.2. The summed E-state index contributed by atoms with van der Waals surface area (Å²) in [6.07, 6.45) is 14.6. The average Bonchev–Trinajstić information content (AvgIpc) is 2.85. The largest absolute Gasteiger partial charge is 0.0683 e. The van der Waals surface area contributed by atoms with Gasteiger partial charge in [-0.25, -0.2) is 0 Å². The zero-order valence-corrected chi connectivity index (χ0v) is 23.8. The summed E-state index contributed by atoms with van der Waals surface area (Å²) in [4.78, 5) is 0. The molecule has 0 saturated heterocycles. The highest BCUT2D eigenvalue weighted by Crippen LogP contribution is 2.57. The Morgan fingerprint density at radius 1 is 0.618 bits per heavy atom. The van der Waals surface area contributed by atoms with Crippen molar-refractivity contribution in [1.82, 2.24) is 0 Å². The lowest BCUT2D eigenvalue weighted by Crippen LogP contribution is -2.27. The van der Waals surface area contributed by atoms with Crippen molar-refractivity contribution in [2.75, 3.05) is 0 Å². The van der Waals surface area contributed by atoms with Gasteiger partial charge in [0.15, 0.2) is 0 Å². The molecule has 0 amide bonds. The summed E-state index contributed by atoms with van der Waals surface area (Å²) in [7, 11) is -0.141. The van der Waals surface area contributed by atoms with E-state index in [-0.39, 0.29) is 7.92 Å². The molecule has 2 aromatic rings. The first-order valence-electron chi connectivity index (χ1n) is 14.4. The van der Waals surface area contributed by atoms with Gasteiger partial charge in [-0.15, -0.1) is 0 Å². The van der Waals surface area contributed by atoms with Gasteiger partial charge in [0.1, 0.15) is 0 Å². The van der Waals surface area contributed by atoms with Crippen molar-refractivity contribution >= 4 is 13.2 Å². The third-order valence-corrected chi connectivity index (χ3v) is 12.1. The molecule has 0 N–H and O–H groups in total. The summed E-state index contributed by atoms with van der Waals surface area (Å²) >= 11 is 0. The molecule has 2 saturated carbocycles. The lowest BCUT2D eigenvalue weighted by atomic mass is 9.84. The average molecular weight is 477 g/mol. The van der Waals surface area contributed by atoms with Gasteiger partial charge in [0.05, 0.1) is 0 Å². The molecule has 2 fully saturated rings. The smallest absolute Gasteiger partial charge is 0.0101 e. The van der Waals surface area contributed by atoms with E-state index < -0.39 is 0 Å². The molecular weight excluding hydrogens is 427 g/mol. The van der Waals surface area contributed by atoms with Gasteiger partial charge < -0.3 is 0 Å². The minimum atomic E-state index is -0.141. The highest BCUT2D eigenvalue weighted by Gasteiger charge is 2.34. The normalized spacial score (nSPS) is 18.5. The van der Waals surface area contributed by atoms with Crippen LogP contribution in [0.3, 0.4) is 0 Å². The Morgan fingerprint density at radius 2 is 1.12 bits per heavy atom. The fraction of sp³-hybridized carbons (Fsp3) is 0.636. The molecule has 2 aliphatic rings. The first-order chi connectivity index (χ1) is 16.4. The van der Waals surface area contributed by atoms with Gasteiger partial charge in [0.2, 0.25) is 0 Å². The topological polar surface area (TPSA) is 0 Å². The molecule has 186 valence electrons. The van der Waals surface area contributed by atoms with Gasteiger partial charge in [-0.3, -0.25) is 0 Å². The highest BCUT2D eigenvalue weighted by molar-refractivity contribution is 7.67. The van der Waals surface area contributed by atoms with Gasteiger partial charge >= 0.3 is 0 Å². The van der Waals surface area contributed by atoms with Gasteiger partial charge in [-0.1, -0.05) is 124 Å². The molecule has 0 radical (unpaired) electrons. The second-order valence-corrected chi connectivity index (χ2v) is 14.8. The fourth-order valence-electron chi connectivity index (χ4n) is 6.60. The Bertz CT molecular complexity index is 881. The van der Waals surface area contributed by atoms with Crippen LogP contribution in [0.2, 0.25) is 0 Å². The predicted molar refractivity (Wildman–Crippen MR) is 154 cm³/mol. The van der Waals surface area contributed by atoms with E-state index in [4.69, 9.17) is 0 Å². The number of benzene rings is 2. The summed E-state index contributed by atoms with van der Waals surface area (Å²) in [6, 6.07) is 14.8. The van der Waals surface area contributed by atoms with Crippen LogP contribution in [0.25, 0.3) is 11.1 Å². The first-order valence-corrected chi connectivity index (χ1v) is 15.9. The molecule has 1 heteroatoms. The molecule has 0 spiro atoms. The summed E-state index contributed by atoms with van der Waals surface area (Å²) in [5.74, 6) is 1.68. The van der Waals surface area contributed by atoms with Crippen LogP contribution in [0.4, 0.5) is 0 Å². The molecule has 0 bridgehead atoms. The maximum atomic E-state index is 2.70. The molecule has 0 aromatic heterocycles. The van der Waals surface area contributed by atoms with Crippen molar-refractivity contribution in [1.29, 1.82) is 0 Å². The standard InChI is InChI=1S/C33H49P/c1-23(2)26-20-21-31(33-29(24(3)4)18-13-19-30(33)25(5)6)32(22-26)34(27-14-9-7-10-15-27)28-16-11-8-12-17-28/h13,18-25,27-28H,7-12,14-17H2,1-6H3.